The van der Waals surface area contributed by atoms with Crippen LogP contribution in [0.2, 0.25) is 0 Å². The highest BCUT2D eigenvalue weighted by molar-refractivity contribution is 5.60. The number of hydrogen-bond donors (Lipinski definition) is 1. The summed E-state index contributed by atoms with van der Waals surface area (Å²) in [5, 5.41) is 2.69. The number of nitrogens with zero attached hydrogens (tertiary/aromatic N) is 4. The van der Waals surface area contributed by atoms with Gasteiger partial charge in [-0.2, -0.15) is 0 Å². The molecule has 7 heteroatoms. The Morgan fingerprint density at radius 3 is 2.41 bits per heavy atom. The topological polar surface area (TPSA) is 44.3 Å². The molecule has 1 N–H and O–H groups in total. The summed E-state index contributed by atoms with van der Waals surface area (Å²) in [6, 6.07) is 5.44. The number of aromatic nitrogens is 2. The normalized spacial score (nSPS) is 15.9. The minimum absolute atomic E-state index is 0.203. The van der Waals surface area contributed by atoms with Crippen molar-refractivity contribution in [2.75, 3.05) is 43.4 Å². The molecule has 2 heterocycles. The van der Waals surface area contributed by atoms with Crippen molar-refractivity contribution < 1.29 is 8.78 Å². The molecule has 1 aliphatic heterocycles. The lowest BCUT2D eigenvalue weighted by Gasteiger charge is -2.33. The molecule has 2 aromatic rings. The molecule has 0 bridgehead atoms. The lowest BCUT2D eigenvalue weighted by atomic mass is 10.3. The number of likely N-dealkylation sites (N-methyl/N-ethyl adjacent to an activating group) is 1. The van der Waals surface area contributed by atoms with E-state index in [1.54, 1.807) is 6.07 Å². The van der Waals surface area contributed by atoms with Crippen LogP contribution in [0.25, 0.3) is 0 Å². The molecule has 1 aliphatic rings. The largest absolute Gasteiger partial charge is 0.354 e. The summed E-state index contributed by atoms with van der Waals surface area (Å²) in [4.78, 5) is 12.6. The number of anilines is 3. The number of piperazine rings is 1. The molecular weight excluding hydrogens is 288 g/mol. The predicted molar refractivity (Wildman–Crippen MR) is 81.4 cm³/mol. The fourth-order valence-corrected chi connectivity index (χ4v) is 2.37. The van der Waals surface area contributed by atoms with Crippen molar-refractivity contribution in [3.63, 3.8) is 0 Å². The average Bonchev–Trinajstić information content (AvgIpc) is 2.52. The fraction of sp³-hybridized carbons (Fsp3) is 0.333. The first kappa shape index (κ1) is 14.6. The zero-order chi connectivity index (χ0) is 15.5. The molecule has 0 saturated carbocycles. The Balaban J connectivity index is 1.79. The van der Waals surface area contributed by atoms with Crippen LogP contribution < -0.4 is 10.2 Å². The van der Waals surface area contributed by atoms with Crippen molar-refractivity contribution >= 4 is 17.3 Å². The van der Waals surface area contributed by atoms with E-state index in [9.17, 15) is 8.78 Å². The molecule has 0 radical (unpaired) electrons. The highest BCUT2D eigenvalue weighted by atomic mass is 19.1. The Hall–Kier alpha value is -2.28. The second kappa shape index (κ2) is 6.23. The number of para-hydroxylation sites is 1. The van der Waals surface area contributed by atoms with Crippen LogP contribution >= 0.6 is 0 Å². The Bertz CT molecular complexity index is 636. The van der Waals surface area contributed by atoms with Gasteiger partial charge in [-0.05, 0) is 19.2 Å². The highest BCUT2D eigenvalue weighted by Gasteiger charge is 2.16. The van der Waals surface area contributed by atoms with E-state index in [-0.39, 0.29) is 5.69 Å². The second-order valence-corrected chi connectivity index (χ2v) is 5.27. The van der Waals surface area contributed by atoms with Crippen LogP contribution in [0.4, 0.5) is 26.1 Å². The third-order valence-electron chi connectivity index (χ3n) is 3.70. The molecule has 1 aromatic carbocycles. The number of halogens is 2. The lowest BCUT2D eigenvalue weighted by Crippen LogP contribution is -2.44. The molecular formula is C15H17F2N5. The maximum absolute atomic E-state index is 13.7. The molecule has 22 heavy (non-hydrogen) atoms. The molecule has 1 aromatic heterocycles. The van der Waals surface area contributed by atoms with E-state index in [0.717, 1.165) is 32.0 Å². The van der Waals surface area contributed by atoms with Crippen LogP contribution in [0.15, 0.2) is 30.6 Å². The van der Waals surface area contributed by atoms with Gasteiger partial charge in [-0.1, -0.05) is 6.07 Å². The summed E-state index contributed by atoms with van der Waals surface area (Å²) in [5.74, 6) is -0.185. The molecule has 116 valence electrons. The van der Waals surface area contributed by atoms with Crippen LogP contribution in [-0.4, -0.2) is 48.1 Å². The Kier molecular flexibility index (Phi) is 4.15. The smallest absolute Gasteiger partial charge is 0.149 e. The molecule has 0 spiro atoms. The maximum atomic E-state index is 13.7. The molecule has 0 aliphatic carbocycles. The maximum Gasteiger partial charge on any atom is 0.149 e. The van der Waals surface area contributed by atoms with Gasteiger partial charge in [0.1, 0.15) is 35.3 Å². The monoisotopic (exact) mass is 305 g/mol. The van der Waals surface area contributed by atoms with Gasteiger partial charge in [0.2, 0.25) is 0 Å². The molecule has 3 rings (SSSR count). The van der Waals surface area contributed by atoms with Gasteiger partial charge in [0.25, 0.3) is 0 Å². The van der Waals surface area contributed by atoms with Crippen molar-refractivity contribution in [2.24, 2.45) is 0 Å². The van der Waals surface area contributed by atoms with E-state index in [4.69, 9.17) is 0 Å². The van der Waals surface area contributed by atoms with E-state index in [1.807, 2.05) is 0 Å². The Labute approximate surface area is 127 Å². The number of hydrogen-bond acceptors (Lipinski definition) is 5. The second-order valence-electron chi connectivity index (χ2n) is 5.27. The van der Waals surface area contributed by atoms with Crippen LogP contribution in [0, 0.1) is 11.6 Å². The quantitative estimate of drug-likeness (QED) is 0.942. The van der Waals surface area contributed by atoms with Gasteiger partial charge in [0, 0.05) is 32.2 Å². The van der Waals surface area contributed by atoms with Gasteiger partial charge >= 0.3 is 0 Å². The number of rotatable bonds is 3. The first-order chi connectivity index (χ1) is 10.6. The number of nitrogens with one attached hydrogen (secondary N) is 1. The summed E-state index contributed by atoms with van der Waals surface area (Å²) in [6.45, 7) is 3.63. The highest BCUT2D eigenvalue weighted by Crippen LogP contribution is 2.23. The van der Waals surface area contributed by atoms with Crippen LogP contribution in [0.1, 0.15) is 0 Å². The van der Waals surface area contributed by atoms with Gasteiger partial charge < -0.3 is 15.1 Å². The van der Waals surface area contributed by atoms with Gasteiger partial charge in [0.05, 0.1) is 0 Å². The van der Waals surface area contributed by atoms with Crippen molar-refractivity contribution in [1.29, 1.82) is 0 Å². The van der Waals surface area contributed by atoms with Crippen LogP contribution in [0.5, 0.6) is 0 Å². The van der Waals surface area contributed by atoms with Gasteiger partial charge in [0.15, 0.2) is 0 Å². The van der Waals surface area contributed by atoms with E-state index >= 15 is 0 Å². The summed E-state index contributed by atoms with van der Waals surface area (Å²) in [5.41, 5.74) is -0.203. The first-order valence-electron chi connectivity index (χ1n) is 7.10. The van der Waals surface area contributed by atoms with Gasteiger partial charge in [-0.3, -0.25) is 0 Å². The molecule has 1 saturated heterocycles. The third kappa shape index (κ3) is 3.14. The minimum atomic E-state index is -0.653. The molecule has 1 fully saturated rings. The SMILES string of the molecule is CN1CCN(c2cc(Nc3c(F)cccc3F)ncn2)CC1. The van der Waals surface area contributed by atoms with Crippen molar-refractivity contribution in [2.45, 2.75) is 0 Å². The van der Waals surface area contributed by atoms with Crippen molar-refractivity contribution in [3.05, 3.63) is 42.2 Å². The standard InChI is InChI=1S/C15H17F2N5/c1-21-5-7-22(8-6-21)14-9-13(18-10-19-14)20-15-11(16)3-2-4-12(15)17/h2-4,9-10H,5-8H2,1H3,(H,18,19,20). The van der Waals surface area contributed by atoms with E-state index < -0.39 is 11.6 Å². The van der Waals surface area contributed by atoms with E-state index in [2.05, 4.69) is 32.1 Å². The van der Waals surface area contributed by atoms with Crippen molar-refractivity contribution in [3.8, 4) is 0 Å². The average molecular weight is 305 g/mol. The summed E-state index contributed by atoms with van der Waals surface area (Å²) >= 11 is 0. The van der Waals surface area contributed by atoms with Crippen LogP contribution in [0.3, 0.4) is 0 Å². The van der Waals surface area contributed by atoms with E-state index in [0.29, 0.717) is 5.82 Å². The summed E-state index contributed by atoms with van der Waals surface area (Å²) < 4.78 is 27.3. The Morgan fingerprint density at radius 1 is 1.05 bits per heavy atom. The lowest BCUT2D eigenvalue weighted by molar-refractivity contribution is 0.312. The zero-order valence-corrected chi connectivity index (χ0v) is 12.3. The summed E-state index contributed by atoms with van der Waals surface area (Å²) in [6.07, 6.45) is 1.40. The fourth-order valence-electron chi connectivity index (χ4n) is 2.37. The molecule has 0 unspecified atom stereocenters. The molecule has 0 atom stereocenters. The van der Waals surface area contributed by atoms with Gasteiger partial charge in [-0.25, -0.2) is 18.7 Å². The summed E-state index contributed by atoms with van der Waals surface area (Å²) in [7, 11) is 2.07. The van der Waals surface area contributed by atoms with Crippen LogP contribution in [-0.2, 0) is 0 Å². The third-order valence-corrected chi connectivity index (χ3v) is 3.70. The first-order valence-corrected chi connectivity index (χ1v) is 7.10. The van der Waals surface area contributed by atoms with Crippen molar-refractivity contribution in [1.82, 2.24) is 14.9 Å². The molecule has 5 nitrogen and oxygen atoms in total. The number of benzene rings is 1. The zero-order valence-electron chi connectivity index (χ0n) is 12.3. The van der Waals surface area contributed by atoms with E-state index in [1.165, 1.54) is 24.5 Å². The molecule has 0 amide bonds. The predicted octanol–water partition coefficient (Wildman–Crippen LogP) is 2.25. The Morgan fingerprint density at radius 2 is 1.73 bits per heavy atom. The van der Waals surface area contributed by atoms with Gasteiger partial charge in [-0.15, -0.1) is 0 Å². The minimum Gasteiger partial charge on any atom is -0.354 e.